The molecule has 1 aromatic heterocycles. The zero-order chi connectivity index (χ0) is 13.1. The lowest BCUT2D eigenvalue weighted by atomic mass is 9.82. The lowest BCUT2D eigenvalue weighted by Crippen LogP contribution is -2.26. The summed E-state index contributed by atoms with van der Waals surface area (Å²) in [5.74, 6) is 1.80. The SMILES string of the molecule is Cc1nn(C)c(C)c1CNCC1CCCC(C)C1. The van der Waals surface area contributed by atoms with Crippen molar-refractivity contribution in [3.8, 4) is 0 Å². The minimum absolute atomic E-state index is 0.881. The van der Waals surface area contributed by atoms with Gasteiger partial charge in [0.1, 0.15) is 0 Å². The number of aromatic nitrogens is 2. The molecule has 2 unspecified atom stereocenters. The Balaban J connectivity index is 1.81. The van der Waals surface area contributed by atoms with E-state index < -0.39 is 0 Å². The average Bonchev–Trinajstić information content (AvgIpc) is 2.56. The molecule has 1 N–H and O–H groups in total. The molecule has 0 radical (unpaired) electrons. The van der Waals surface area contributed by atoms with E-state index in [0.717, 1.165) is 24.9 Å². The van der Waals surface area contributed by atoms with E-state index in [1.54, 1.807) is 0 Å². The summed E-state index contributed by atoms with van der Waals surface area (Å²) in [4.78, 5) is 0. The molecule has 1 aliphatic carbocycles. The highest BCUT2D eigenvalue weighted by atomic mass is 15.3. The summed E-state index contributed by atoms with van der Waals surface area (Å²) in [5.41, 5.74) is 3.83. The number of hydrogen-bond donors (Lipinski definition) is 1. The molecule has 0 amide bonds. The van der Waals surface area contributed by atoms with Crippen LogP contribution < -0.4 is 5.32 Å². The fraction of sp³-hybridized carbons (Fsp3) is 0.800. The number of nitrogens with one attached hydrogen (secondary N) is 1. The van der Waals surface area contributed by atoms with Crippen LogP contribution in [0.2, 0.25) is 0 Å². The Bertz CT molecular complexity index is 395. The van der Waals surface area contributed by atoms with Gasteiger partial charge in [0, 0.05) is 24.8 Å². The van der Waals surface area contributed by atoms with Gasteiger partial charge in [0.15, 0.2) is 0 Å². The smallest absolute Gasteiger partial charge is 0.0641 e. The first-order valence-corrected chi connectivity index (χ1v) is 7.27. The van der Waals surface area contributed by atoms with Crippen molar-refractivity contribution in [2.75, 3.05) is 6.54 Å². The molecule has 3 nitrogen and oxygen atoms in total. The Kier molecular flexibility index (Phi) is 4.44. The van der Waals surface area contributed by atoms with E-state index in [2.05, 4.69) is 31.2 Å². The molecular weight excluding hydrogens is 222 g/mol. The molecule has 2 atom stereocenters. The molecule has 1 aromatic rings. The van der Waals surface area contributed by atoms with Gasteiger partial charge in [-0.25, -0.2) is 0 Å². The van der Waals surface area contributed by atoms with Crippen LogP contribution in [0, 0.1) is 25.7 Å². The number of aryl methyl sites for hydroxylation is 2. The van der Waals surface area contributed by atoms with Crippen molar-refractivity contribution >= 4 is 0 Å². The molecule has 18 heavy (non-hydrogen) atoms. The second kappa shape index (κ2) is 5.87. The lowest BCUT2D eigenvalue weighted by Gasteiger charge is -2.26. The molecule has 0 aromatic carbocycles. The minimum Gasteiger partial charge on any atom is -0.312 e. The van der Waals surface area contributed by atoms with Crippen LogP contribution in [0.15, 0.2) is 0 Å². The van der Waals surface area contributed by atoms with E-state index in [1.165, 1.54) is 42.6 Å². The minimum atomic E-state index is 0.881. The Morgan fingerprint density at radius 3 is 2.72 bits per heavy atom. The van der Waals surface area contributed by atoms with Crippen LogP contribution in [0.3, 0.4) is 0 Å². The summed E-state index contributed by atoms with van der Waals surface area (Å²) in [6, 6.07) is 0. The van der Waals surface area contributed by atoms with Crippen molar-refractivity contribution < 1.29 is 0 Å². The highest BCUT2D eigenvalue weighted by Crippen LogP contribution is 2.28. The molecule has 0 bridgehead atoms. The maximum absolute atomic E-state index is 4.46. The normalized spacial score (nSPS) is 24.4. The van der Waals surface area contributed by atoms with Gasteiger partial charge >= 0.3 is 0 Å². The molecular formula is C15H27N3. The zero-order valence-corrected chi connectivity index (χ0v) is 12.3. The lowest BCUT2D eigenvalue weighted by molar-refractivity contribution is 0.274. The summed E-state index contributed by atoms with van der Waals surface area (Å²) in [6.45, 7) is 8.78. The van der Waals surface area contributed by atoms with Crippen LogP contribution in [0.4, 0.5) is 0 Å². The molecule has 3 heteroatoms. The van der Waals surface area contributed by atoms with Gasteiger partial charge in [0.25, 0.3) is 0 Å². The van der Waals surface area contributed by atoms with Crippen LogP contribution in [0.25, 0.3) is 0 Å². The summed E-state index contributed by atoms with van der Waals surface area (Å²) in [6.07, 6.45) is 5.65. The summed E-state index contributed by atoms with van der Waals surface area (Å²) in [7, 11) is 2.02. The molecule has 0 spiro atoms. The van der Waals surface area contributed by atoms with Crippen molar-refractivity contribution in [3.63, 3.8) is 0 Å². The predicted octanol–water partition coefficient (Wildman–Crippen LogP) is 2.95. The Morgan fingerprint density at radius 2 is 2.11 bits per heavy atom. The van der Waals surface area contributed by atoms with Gasteiger partial charge in [0.2, 0.25) is 0 Å². The fourth-order valence-corrected chi connectivity index (χ4v) is 3.22. The van der Waals surface area contributed by atoms with Crippen molar-refractivity contribution in [2.45, 2.75) is 53.0 Å². The zero-order valence-electron chi connectivity index (χ0n) is 12.3. The van der Waals surface area contributed by atoms with Crippen molar-refractivity contribution in [2.24, 2.45) is 18.9 Å². The molecule has 1 saturated carbocycles. The number of nitrogens with zero attached hydrogens (tertiary/aromatic N) is 2. The summed E-state index contributed by atoms with van der Waals surface area (Å²) >= 11 is 0. The first-order chi connectivity index (χ1) is 8.58. The van der Waals surface area contributed by atoms with E-state index in [4.69, 9.17) is 0 Å². The Labute approximate surface area is 111 Å². The quantitative estimate of drug-likeness (QED) is 0.889. The second-order valence-electron chi connectivity index (χ2n) is 6.04. The van der Waals surface area contributed by atoms with Crippen LogP contribution in [-0.2, 0) is 13.6 Å². The highest BCUT2D eigenvalue weighted by Gasteiger charge is 2.18. The topological polar surface area (TPSA) is 29.9 Å². The molecule has 1 fully saturated rings. The van der Waals surface area contributed by atoms with Crippen LogP contribution in [-0.4, -0.2) is 16.3 Å². The summed E-state index contributed by atoms with van der Waals surface area (Å²) in [5, 5.41) is 8.10. The average molecular weight is 249 g/mol. The third-order valence-electron chi connectivity index (χ3n) is 4.44. The van der Waals surface area contributed by atoms with Crippen molar-refractivity contribution in [1.82, 2.24) is 15.1 Å². The van der Waals surface area contributed by atoms with Gasteiger partial charge in [-0.3, -0.25) is 4.68 Å². The predicted molar refractivity (Wildman–Crippen MR) is 75.5 cm³/mol. The summed E-state index contributed by atoms with van der Waals surface area (Å²) < 4.78 is 1.98. The van der Waals surface area contributed by atoms with E-state index in [9.17, 15) is 0 Å². The largest absolute Gasteiger partial charge is 0.312 e. The number of hydrogen-bond acceptors (Lipinski definition) is 2. The number of rotatable bonds is 4. The van der Waals surface area contributed by atoms with E-state index in [0.29, 0.717) is 0 Å². The molecule has 0 saturated heterocycles. The van der Waals surface area contributed by atoms with Crippen LogP contribution in [0.5, 0.6) is 0 Å². The van der Waals surface area contributed by atoms with Crippen LogP contribution in [0.1, 0.15) is 49.6 Å². The van der Waals surface area contributed by atoms with Gasteiger partial charge < -0.3 is 5.32 Å². The third kappa shape index (κ3) is 3.14. The van der Waals surface area contributed by atoms with Gasteiger partial charge in [-0.15, -0.1) is 0 Å². The molecule has 0 aliphatic heterocycles. The van der Waals surface area contributed by atoms with E-state index in [1.807, 2.05) is 11.7 Å². The highest BCUT2D eigenvalue weighted by molar-refractivity contribution is 5.23. The monoisotopic (exact) mass is 249 g/mol. The third-order valence-corrected chi connectivity index (χ3v) is 4.44. The van der Waals surface area contributed by atoms with Gasteiger partial charge in [-0.05, 0) is 45.1 Å². The first-order valence-electron chi connectivity index (χ1n) is 7.27. The maximum atomic E-state index is 4.46. The first kappa shape index (κ1) is 13.6. The Hall–Kier alpha value is -0.830. The fourth-order valence-electron chi connectivity index (χ4n) is 3.22. The van der Waals surface area contributed by atoms with Gasteiger partial charge in [0.05, 0.1) is 5.69 Å². The molecule has 102 valence electrons. The molecule has 1 aliphatic rings. The standard InChI is InChI=1S/C15H27N3/c1-11-6-5-7-14(8-11)9-16-10-15-12(2)17-18(4)13(15)3/h11,14,16H,5-10H2,1-4H3. The Morgan fingerprint density at radius 1 is 1.33 bits per heavy atom. The van der Waals surface area contributed by atoms with E-state index in [-0.39, 0.29) is 0 Å². The second-order valence-corrected chi connectivity index (χ2v) is 6.04. The van der Waals surface area contributed by atoms with Crippen molar-refractivity contribution in [3.05, 3.63) is 17.0 Å². The maximum Gasteiger partial charge on any atom is 0.0641 e. The van der Waals surface area contributed by atoms with E-state index >= 15 is 0 Å². The molecule has 1 heterocycles. The van der Waals surface area contributed by atoms with Gasteiger partial charge in [-0.2, -0.15) is 5.10 Å². The van der Waals surface area contributed by atoms with Crippen LogP contribution >= 0.6 is 0 Å². The van der Waals surface area contributed by atoms with Crippen molar-refractivity contribution in [1.29, 1.82) is 0 Å². The van der Waals surface area contributed by atoms with Gasteiger partial charge in [-0.1, -0.05) is 19.8 Å². The molecule has 2 rings (SSSR count).